The second kappa shape index (κ2) is 29.4. The average molecular weight is 1230 g/mol. The minimum absolute atomic E-state index is 0.453. The molecule has 0 amide bonds. The quantitative estimate of drug-likeness (QED) is 0.0479. The number of aliphatic hydroxyl groups excluding tert-OH is 19. The summed E-state index contributed by atoms with van der Waals surface area (Å²) in [5, 5.41) is 217. The highest BCUT2D eigenvalue weighted by molar-refractivity contribution is 5.76. The summed E-state index contributed by atoms with van der Waals surface area (Å²) in [4.78, 5) is 12.9. The van der Waals surface area contributed by atoms with Gasteiger partial charge in [0.05, 0.1) is 82.8 Å². The first-order chi connectivity index (χ1) is 39.7. The van der Waals surface area contributed by atoms with Gasteiger partial charge in [0, 0.05) is 24.2 Å². The minimum Gasteiger partial charge on any atom is -0.477 e. The smallest absolute Gasteiger partial charge is 0.364 e. The van der Waals surface area contributed by atoms with E-state index in [0.717, 1.165) is 0 Å². The molecule has 36 atom stereocenters. The van der Waals surface area contributed by atoms with Gasteiger partial charge in [-0.25, -0.2) is 4.79 Å². The minimum atomic E-state index is -3.08. The number of aliphatic hydroxyl groups is 19. The molecule has 22 N–H and O–H groups in total. The van der Waals surface area contributed by atoms with E-state index < -0.39 is 278 Å². The number of carbonyl (C=O) groups is 1. The molecule has 0 radical (unpaired) electrons. The molecule has 7 aliphatic rings. The van der Waals surface area contributed by atoms with Gasteiger partial charge in [0.15, 0.2) is 31.5 Å². The van der Waals surface area contributed by atoms with Crippen molar-refractivity contribution in [2.24, 2.45) is 23.5 Å². The van der Waals surface area contributed by atoms with E-state index >= 15 is 0 Å². The van der Waals surface area contributed by atoms with Crippen LogP contribution in [0.5, 0.6) is 0 Å². The third kappa shape index (κ3) is 14.0. The highest BCUT2D eigenvalue weighted by atomic mass is 16.8. The maximum absolute atomic E-state index is 12.9. The second-order valence-corrected chi connectivity index (χ2v) is 22.5. The predicted molar refractivity (Wildman–Crippen MR) is 264 cm³/mol. The zero-order valence-electron chi connectivity index (χ0n) is 46.1. The van der Waals surface area contributed by atoms with Crippen LogP contribution >= 0.6 is 0 Å². The van der Waals surface area contributed by atoms with Crippen LogP contribution in [-0.4, -0.2) is 356 Å². The van der Waals surface area contributed by atoms with Gasteiger partial charge in [0.1, 0.15) is 128 Å². The van der Waals surface area contributed by atoms with E-state index in [1.54, 1.807) is 13.8 Å². The first-order valence-corrected chi connectivity index (χ1v) is 27.7. The molecule has 0 saturated carbocycles. The Hall–Kier alpha value is -1.85. The second-order valence-electron chi connectivity index (χ2n) is 22.5. The van der Waals surface area contributed by atoms with Crippen LogP contribution in [0.2, 0.25) is 0 Å². The SMILES string of the molecule is C[C@@H]1OC(CO)[C@@H](O[C@@H]2OC(CO)[C@@H](O[C@@H]3OC(CO)[C@@H](O)C(O[C@H]4O[C@H](CO)[C@@H](O)C(O)C4O[C@@H]4OC(CO)[C@@H](O[C@@H]5OC(CO)[C@H](O)C(O[C@]6(C(=O)O)C[C@@H](O)[C@@H](N)C(C(O)C(O)CO)O6)[C@@H]5O)C(O)[C@@H]4C)[C@H]3O)C(O)[C@@H]2C)C(O)[C@@H]1C. The Morgan fingerprint density at radius 3 is 1.31 bits per heavy atom. The lowest BCUT2D eigenvalue weighted by atomic mass is 9.88. The molecule has 35 heteroatoms. The molecule has 0 aromatic rings. The summed E-state index contributed by atoms with van der Waals surface area (Å²) in [6.07, 6.45) is -55.8. The summed E-state index contributed by atoms with van der Waals surface area (Å²) >= 11 is 0. The monoisotopic (exact) mass is 1230 g/mol. The maximum atomic E-state index is 12.9. The van der Waals surface area contributed by atoms with Gasteiger partial charge in [0.25, 0.3) is 5.79 Å². The Kier molecular flexibility index (Phi) is 24.4. The molecule has 7 saturated heterocycles. The lowest BCUT2D eigenvalue weighted by molar-refractivity contribution is -0.401. The Morgan fingerprint density at radius 1 is 0.464 bits per heavy atom. The van der Waals surface area contributed by atoms with E-state index in [0.29, 0.717) is 0 Å². The van der Waals surface area contributed by atoms with Crippen LogP contribution in [0.25, 0.3) is 0 Å². The van der Waals surface area contributed by atoms with Crippen molar-refractivity contribution in [1.29, 1.82) is 0 Å². The number of hydrogen-bond acceptors (Lipinski definition) is 34. The van der Waals surface area contributed by atoms with E-state index in [-0.39, 0.29) is 0 Å². The Morgan fingerprint density at radius 2 is 0.845 bits per heavy atom. The Bertz CT molecular complexity index is 2040. The number of rotatable bonds is 22. The van der Waals surface area contributed by atoms with E-state index in [1.807, 2.05) is 0 Å². The van der Waals surface area contributed by atoms with Crippen LogP contribution in [0.3, 0.4) is 0 Å². The van der Waals surface area contributed by atoms with Gasteiger partial charge in [-0.15, -0.1) is 0 Å². The van der Waals surface area contributed by atoms with Crippen molar-refractivity contribution in [3.63, 3.8) is 0 Å². The number of ether oxygens (including phenoxy) is 13. The number of carboxylic acid groups (broad SMARTS) is 1. The molecule has 7 aliphatic heterocycles. The molecule has 7 fully saturated rings. The molecule has 0 bridgehead atoms. The van der Waals surface area contributed by atoms with Crippen molar-refractivity contribution in [1.82, 2.24) is 0 Å². The average Bonchev–Trinajstić information content (AvgIpc) is 3.49. The van der Waals surface area contributed by atoms with Crippen LogP contribution in [0.4, 0.5) is 0 Å². The summed E-state index contributed by atoms with van der Waals surface area (Å²) in [7, 11) is 0. The molecule has 84 heavy (non-hydrogen) atoms. The number of aliphatic carboxylic acids is 1. The van der Waals surface area contributed by atoms with Gasteiger partial charge in [-0.1, -0.05) is 20.8 Å². The van der Waals surface area contributed by atoms with Crippen molar-refractivity contribution in [3.05, 3.63) is 0 Å². The predicted octanol–water partition coefficient (Wildman–Crippen LogP) is -12.2. The molecule has 0 aromatic carbocycles. The van der Waals surface area contributed by atoms with Gasteiger partial charge in [-0.05, 0) is 6.92 Å². The molecular weight excluding hydrogens is 1150 g/mol. The lowest BCUT2D eigenvalue weighted by Crippen LogP contribution is -2.70. The van der Waals surface area contributed by atoms with Crippen molar-refractivity contribution in [3.8, 4) is 0 Å². The van der Waals surface area contributed by atoms with Crippen LogP contribution in [0.15, 0.2) is 0 Å². The maximum Gasteiger partial charge on any atom is 0.364 e. The molecule has 7 rings (SSSR count). The summed E-state index contributed by atoms with van der Waals surface area (Å²) in [6, 6.07) is -1.59. The van der Waals surface area contributed by atoms with Crippen molar-refractivity contribution < 1.29 is 169 Å². The van der Waals surface area contributed by atoms with Crippen molar-refractivity contribution in [2.75, 3.05) is 46.2 Å². The molecule has 0 spiro atoms. The first kappa shape index (κ1) is 69.6. The van der Waals surface area contributed by atoms with Crippen LogP contribution in [0.1, 0.15) is 34.1 Å². The molecule has 35 nitrogen and oxygen atoms in total. The van der Waals surface area contributed by atoms with Gasteiger partial charge < -0.3 is 169 Å². The molecular formula is C49H85NO34. The third-order valence-corrected chi connectivity index (χ3v) is 17.0. The van der Waals surface area contributed by atoms with Gasteiger partial charge in [0.2, 0.25) is 0 Å². The highest BCUT2D eigenvalue weighted by Crippen LogP contribution is 2.41. The summed E-state index contributed by atoms with van der Waals surface area (Å²) in [5.41, 5.74) is 5.95. The molecule has 0 aliphatic carbocycles. The van der Waals surface area contributed by atoms with Crippen molar-refractivity contribution >= 4 is 5.97 Å². The fourth-order valence-electron chi connectivity index (χ4n) is 11.4. The van der Waals surface area contributed by atoms with Gasteiger partial charge in [-0.2, -0.15) is 0 Å². The third-order valence-electron chi connectivity index (χ3n) is 17.0. The van der Waals surface area contributed by atoms with Gasteiger partial charge >= 0.3 is 5.97 Å². The zero-order valence-corrected chi connectivity index (χ0v) is 46.1. The fourth-order valence-corrected chi connectivity index (χ4v) is 11.4. The normalized spacial score (nSPS) is 51.3. The largest absolute Gasteiger partial charge is 0.477 e. The molecule has 15 unspecified atom stereocenters. The summed E-state index contributed by atoms with van der Waals surface area (Å²) < 4.78 is 76.3. The topological polar surface area (TPSA) is 568 Å². The fraction of sp³-hybridized carbons (Fsp3) is 0.980. The van der Waals surface area contributed by atoms with E-state index in [2.05, 4.69) is 0 Å². The first-order valence-electron chi connectivity index (χ1n) is 27.7. The molecule has 0 aromatic heterocycles. The molecule has 7 heterocycles. The highest BCUT2D eigenvalue weighted by Gasteiger charge is 2.61. The van der Waals surface area contributed by atoms with E-state index in [9.17, 15) is 107 Å². The zero-order chi connectivity index (χ0) is 62.1. The Balaban J connectivity index is 1.07. The number of nitrogens with two attached hydrogens (primary N) is 1. The number of carboxylic acids is 1. The van der Waals surface area contributed by atoms with Crippen LogP contribution < -0.4 is 5.73 Å². The standard InChI is InChI=1S/C49H85NO34/c1-13-16(4)72-22(10-55)36(26(13)60)78-43-14(2)27(61)37(23(11-56)76-43)79-45-34(68)40(31(65)20(8-53)73-45)81-47-42(33(67)30(64)19(7-52)75-47)82-44-15(3)28(62)38(24(12-57)77-44)80-46-35(69)41(32(66)21(9-54)74-46)84-49(48(70)71)5-17(58)25(50)39(83-49)29(63)18(59)6-51/h13-47,51-69H,5-12,50H2,1-4H3,(H,70,71)/t13-,14+,15+,16+,17-,18?,19-,20?,21?,22?,23?,24?,25-,26?,27?,28?,29?,30-,31-,32+,33?,34-,35+,36-,37-,38-,39?,40?,41?,42?,43+,44+,45+,46+,47-,49+/m1/s1. The van der Waals surface area contributed by atoms with Crippen LogP contribution in [0, 0.1) is 17.8 Å². The molecule has 490 valence electrons. The Labute approximate surface area is 479 Å². The number of hydrogen-bond donors (Lipinski definition) is 21. The van der Waals surface area contributed by atoms with E-state index in [1.165, 1.54) is 13.8 Å². The van der Waals surface area contributed by atoms with Crippen LogP contribution in [-0.2, 0) is 66.4 Å². The van der Waals surface area contributed by atoms with E-state index in [4.69, 9.17) is 67.3 Å². The summed E-state index contributed by atoms with van der Waals surface area (Å²) in [6.45, 7) is -0.330. The van der Waals surface area contributed by atoms with Gasteiger partial charge in [-0.3, -0.25) is 0 Å². The van der Waals surface area contributed by atoms with Crippen molar-refractivity contribution in [2.45, 2.75) is 236 Å². The lowest BCUT2D eigenvalue weighted by Gasteiger charge is -2.51. The summed E-state index contributed by atoms with van der Waals surface area (Å²) in [5.74, 6) is -7.93.